The number of hydrogen-bond acceptors (Lipinski definition) is 6. The molecule has 2 atom stereocenters. The third kappa shape index (κ3) is 3.23. The van der Waals surface area contributed by atoms with Gasteiger partial charge in [-0.15, -0.1) is 0 Å². The molecule has 0 radical (unpaired) electrons. The molecule has 6 nitrogen and oxygen atoms in total. The minimum absolute atomic E-state index is 0.0847. The highest BCUT2D eigenvalue weighted by molar-refractivity contribution is 7.08. The smallest absolute Gasteiger partial charge is 0.254 e. The van der Waals surface area contributed by atoms with Gasteiger partial charge in [-0.1, -0.05) is 6.07 Å². The maximum atomic E-state index is 12.5. The first-order valence-electron chi connectivity index (χ1n) is 8.27. The van der Waals surface area contributed by atoms with Crippen molar-refractivity contribution in [2.75, 3.05) is 25.0 Å². The molecule has 4 rings (SSSR count). The van der Waals surface area contributed by atoms with Crippen molar-refractivity contribution in [2.45, 2.75) is 24.5 Å². The van der Waals surface area contributed by atoms with Crippen LogP contribution < -0.4 is 5.32 Å². The fraction of sp³-hybridized carbons (Fsp3) is 0.389. The van der Waals surface area contributed by atoms with E-state index in [1.165, 1.54) is 11.3 Å². The second-order valence-electron chi connectivity index (χ2n) is 6.55. The van der Waals surface area contributed by atoms with E-state index in [2.05, 4.69) is 10.3 Å². The zero-order valence-corrected chi connectivity index (χ0v) is 14.5. The number of rotatable bonds is 3. The van der Waals surface area contributed by atoms with Crippen molar-refractivity contribution in [3.8, 4) is 6.07 Å². The van der Waals surface area contributed by atoms with Gasteiger partial charge >= 0.3 is 0 Å². The molecule has 128 valence electrons. The predicted octanol–water partition coefficient (Wildman–Crippen LogP) is 2.50. The van der Waals surface area contributed by atoms with E-state index in [9.17, 15) is 4.79 Å². The van der Waals surface area contributed by atoms with Crippen LogP contribution in [0.2, 0.25) is 0 Å². The molecule has 0 bridgehead atoms. The topological polar surface area (TPSA) is 78.2 Å². The zero-order valence-electron chi connectivity index (χ0n) is 13.6. The summed E-state index contributed by atoms with van der Waals surface area (Å²) in [6.07, 6.45) is 1.69. The summed E-state index contributed by atoms with van der Waals surface area (Å²) >= 11 is 1.54. The molecule has 0 aromatic carbocycles. The van der Waals surface area contributed by atoms with Gasteiger partial charge in [-0.25, -0.2) is 4.98 Å². The number of likely N-dealkylation sites (tertiary alicyclic amines) is 1. The molecule has 1 N–H and O–H groups in total. The molecule has 2 saturated heterocycles. The van der Waals surface area contributed by atoms with Crippen LogP contribution in [0.4, 0.5) is 5.82 Å². The number of aromatic nitrogens is 1. The van der Waals surface area contributed by atoms with Gasteiger partial charge in [0.05, 0.1) is 30.4 Å². The highest BCUT2D eigenvalue weighted by Gasteiger charge is 2.46. The summed E-state index contributed by atoms with van der Waals surface area (Å²) in [6.45, 7) is 1.94. The Hall–Kier alpha value is -2.43. The van der Waals surface area contributed by atoms with Gasteiger partial charge in [0.15, 0.2) is 0 Å². The van der Waals surface area contributed by atoms with E-state index in [1.807, 2.05) is 39.9 Å². The van der Waals surface area contributed by atoms with Gasteiger partial charge in [0.1, 0.15) is 17.6 Å². The maximum Gasteiger partial charge on any atom is 0.254 e. The first kappa shape index (κ1) is 16.1. The van der Waals surface area contributed by atoms with Crippen molar-refractivity contribution in [1.82, 2.24) is 9.88 Å². The summed E-state index contributed by atoms with van der Waals surface area (Å²) in [5.74, 6) is 0.774. The second kappa shape index (κ2) is 6.47. The summed E-state index contributed by atoms with van der Waals surface area (Å²) in [5.41, 5.74) is 0.884. The SMILES string of the molecule is N#Cc1cccc(N[C@@H]2CO[C@@]3(CCN(C(=O)c4ccsc4)C3)C2)n1. The summed E-state index contributed by atoms with van der Waals surface area (Å²) in [7, 11) is 0. The summed E-state index contributed by atoms with van der Waals surface area (Å²) in [4.78, 5) is 18.7. The van der Waals surface area contributed by atoms with E-state index < -0.39 is 0 Å². The Kier molecular flexibility index (Phi) is 4.15. The monoisotopic (exact) mass is 354 g/mol. The Morgan fingerprint density at radius 3 is 3.20 bits per heavy atom. The first-order valence-corrected chi connectivity index (χ1v) is 9.21. The van der Waals surface area contributed by atoms with Gasteiger partial charge < -0.3 is 15.0 Å². The summed E-state index contributed by atoms with van der Waals surface area (Å²) in [6, 6.07) is 9.40. The third-order valence-electron chi connectivity index (χ3n) is 4.80. The van der Waals surface area contributed by atoms with Crippen LogP contribution in [0.5, 0.6) is 0 Å². The molecule has 1 spiro atoms. The standard InChI is InChI=1S/C18H18N4O2S/c19-9-14-2-1-3-16(20-14)21-15-8-18(24-10-15)5-6-22(12-18)17(23)13-4-7-25-11-13/h1-4,7,11,15H,5-6,8,10,12H2,(H,20,21)/t15-,18-/m0/s1. The zero-order chi connectivity index (χ0) is 17.3. The van der Waals surface area contributed by atoms with Crippen molar-refractivity contribution < 1.29 is 9.53 Å². The summed E-state index contributed by atoms with van der Waals surface area (Å²) in [5, 5.41) is 16.1. The molecule has 0 saturated carbocycles. The van der Waals surface area contributed by atoms with Crippen molar-refractivity contribution in [1.29, 1.82) is 5.26 Å². The van der Waals surface area contributed by atoms with Gasteiger partial charge in [0.25, 0.3) is 5.91 Å². The molecular weight excluding hydrogens is 336 g/mol. The van der Waals surface area contributed by atoms with Crippen LogP contribution in [0.25, 0.3) is 0 Å². The van der Waals surface area contributed by atoms with E-state index in [1.54, 1.807) is 6.07 Å². The Bertz CT molecular complexity index is 817. The third-order valence-corrected chi connectivity index (χ3v) is 5.48. The molecule has 2 aromatic heterocycles. The van der Waals surface area contributed by atoms with Gasteiger partial charge in [0, 0.05) is 18.3 Å². The number of pyridine rings is 1. The number of hydrogen-bond donors (Lipinski definition) is 1. The molecule has 0 aliphatic carbocycles. The Morgan fingerprint density at radius 2 is 2.40 bits per heavy atom. The second-order valence-corrected chi connectivity index (χ2v) is 7.33. The van der Waals surface area contributed by atoms with E-state index in [-0.39, 0.29) is 17.6 Å². The average molecular weight is 354 g/mol. The van der Waals surface area contributed by atoms with Crippen LogP contribution in [0.15, 0.2) is 35.0 Å². The van der Waals surface area contributed by atoms with Gasteiger partial charge in [-0.3, -0.25) is 4.79 Å². The van der Waals surface area contributed by atoms with E-state index in [0.29, 0.717) is 24.7 Å². The molecule has 1 amide bonds. The molecule has 2 fully saturated rings. The molecule has 2 aliphatic heterocycles. The molecule has 2 aromatic rings. The molecule has 4 heterocycles. The van der Waals surface area contributed by atoms with Crippen molar-refractivity contribution in [2.24, 2.45) is 0 Å². The lowest BCUT2D eigenvalue weighted by Gasteiger charge is -2.23. The molecular formula is C18H18N4O2S. The van der Waals surface area contributed by atoms with E-state index in [4.69, 9.17) is 10.00 Å². The molecule has 7 heteroatoms. The van der Waals surface area contributed by atoms with Crippen molar-refractivity contribution in [3.63, 3.8) is 0 Å². The minimum atomic E-state index is -0.268. The highest BCUT2D eigenvalue weighted by Crippen LogP contribution is 2.36. The van der Waals surface area contributed by atoms with Crippen LogP contribution >= 0.6 is 11.3 Å². The predicted molar refractivity (Wildman–Crippen MR) is 94.5 cm³/mol. The van der Waals surface area contributed by atoms with Gasteiger partial charge in [-0.2, -0.15) is 16.6 Å². The number of nitrogens with one attached hydrogen (secondary N) is 1. The minimum Gasteiger partial charge on any atom is -0.371 e. The van der Waals surface area contributed by atoms with Crippen LogP contribution in [0.1, 0.15) is 28.9 Å². The number of anilines is 1. The number of carbonyl (C=O) groups is 1. The first-order chi connectivity index (χ1) is 12.2. The molecule has 25 heavy (non-hydrogen) atoms. The summed E-state index contributed by atoms with van der Waals surface area (Å²) < 4.78 is 6.09. The average Bonchev–Trinajstić information content (AvgIpc) is 3.37. The van der Waals surface area contributed by atoms with Gasteiger partial charge in [0.2, 0.25) is 0 Å². The van der Waals surface area contributed by atoms with Crippen LogP contribution in [0.3, 0.4) is 0 Å². The Balaban J connectivity index is 1.39. The Labute approximate surface area is 150 Å². The fourth-order valence-corrected chi connectivity index (χ4v) is 4.22. The number of carbonyl (C=O) groups excluding carboxylic acids is 1. The lowest BCUT2D eigenvalue weighted by atomic mass is 9.97. The lowest BCUT2D eigenvalue weighted by Crippen LogP contribution is -2.36. The van der Waals surface area contributed by atoms with E-state index >= 15 is 0 Å². The Morgan fingerprint density at radius 1 is 1.48 bits per heavy atom. The van der Waals surface area contributed by atoms with E-state index in [0.717, 1.165) is 24.9 Å². The van der Waals surface area contributed by atoms with Gasteiger partial charge in [-0.05, 0) is 30.0 Å². The number of thiophene rings is 1. The van der Waals surface area contributed by atoms with Crippen molar-refractivity contribution >= 4 is 23.1 Å². The number of ether oxygens (including phenoxy) is 1. The van der Waals surface area contributed by atoms with Crippen LogP contribution in [0, 0.1) is 11.3 Å². The van der Waals surface area contributed by atoms with Crippen molar-refractivity contribution in [3.05, 3.63) is 46.3 Å². The number of nitriles is 1. The largest absolute Gasteiger partial charge is 0.371 e. The molecule has 0 unspecified atom stereocenters. The van der Waals surface area contributed by atoms with Crippen LogP contribution in [-0.2, 0) is 4.74 Å². The fourth-order valence-electron chi connectivity index (χ4n) is 3.59. The maximum absolute atomic E-state index is 12.5. The quantitative estimate of drug-likeness (QED) is 0.916. The molecule has 2 aliphatic rings. The lowest BCUT2D eigenvalue weighted by molar-refractivity contribution is 0.0125. The normalized spacial score (nSPS) is 25.2. The number of nitrogens with zero attached hydrogens (tertiary/aromatic N) is 3. The highest BCUT2D eigenvalue weighted by atomic mass is 32.1. The van der Waals surface area contributed by atoms with Crippen LogP contribution in [-0.4, -0.2) is 47.1 Å². The number of amides is 1.